The van der Waals surface area contributed by atoms with Crippen molar-refractivity contribution in [1.82, 2.24) is 0 Å². The highest BCUT2D eigenvalue weighted by Gasteiger charge is 2.65. The van der Waals surface area contributed by atoms with Crippen LogP contribution in [0.15, 0.2) is 54.6 Å². The zero-order valence-corrected chi connectivity index (χ0v) is 12.1. The number of ketones is 1. The van der Waals surface area contributed by atoms with Crippen LogP contribution in [0.5, 0.6) is 0 Å². The molecule has 2 amide bonds. The second-order valence-corrected chi connectivity index (χ2v) is 5.84. The fraction of sp³-hybridized carbons (Fsp3) is 0.167. The van der Waals surface area contributed by atoms with Crippen LogP contribution in [0.25, 0.3) is 0 Å². The molecular formula is C18H13NO4. The highest BCUT2D eigenvalue weighted by molar-refractivity contribution is 6.33. The van der Waals surface area contributed by atoms with Crippen molar-refractivity contribution in [3.05, 3.63) is 65.7 Å². The summed E-state index contributed by atoms with van der Waals surface area (Å²) < 4.78 is 0. The summed E-state index contributed by atoms with van der Waals surface area (Å²) in [5.74, 6) is -1.60. The van der Waals surface area contributed by atoms with E-state index >= 15 is 0 Å². The molecule has 1 fully saturated rings. The number of carbonyl (C=O) groups is 3. The molecule has 23 heavy (non-hydrogen) atoms. The van der Waals surface area contributed by atoms with E-state index in [2.05, 4.69) is 0 Å². The number of rotatable bonds is 1. The smallest absolute Gasteiger partial charge is 0.251 e. The Morgan fingerprint density at radius 3 is 2.30 bits per heavy atom. The normalized spacial score (nSPS) is 26.2. The molecular weight excluding hydrogens is 294 g/mol. The number of fused-ring (bicyclic) bond motifs is 1. The number of aliphatic hydroxyl groups is 1. The van der Waals surface area contributed by atoms with E-state index < -0.39 is 29.1 Å². The minimum Gasteiger partial charge on any atom is -0.387 e. The van der Waals surface area contributed by atoms with Gasteiger partial charge < -0.3 is 5.11 Å². The lowest BCUT2D eigenvalue weighted by Gasteiger charge is -2.23. The topological polar surface area (TPSA) is 74.7 Å². The summed E-state index contributed by atoms with van der Waals surface area (Å²) in [7, 11) is 0. The number of hydrogen-bond acceptors (Lipinski definition) is 4. The Kier molecular flexibility index (Phi) is 2.77. The Bertz CT molecular complexity index is 845. The van der Waals surface area contributed by atoms with E-state index in [0.29, 0.717) is 16.8 Å². The summed E-state index contributed by atoms with van der Waals surface area (Å²) >= 11 is 0. The van der Waals surface area contributed by atoms with E-state index in [4.69, 9.17) is 0 Å². The molecule has 2 atom stereocenters. The molecule has 1 heterocycles. The summed E-state index contributed by atoms with van der Waals surface area (Å²) in [5.41, 5.74) is -0.587. The number of para-hydroxylation sites is 1. The van der Waals surface area contributed by atoms with Gasteiger partial charge >= 0.3 is 0 Å². The number of aliphatic hydroxyl groups excluding tert-OH is 1. The molecule has 5 heteroatoms. The van der Waals surface area contributed by atoms with Crippen molar-refractivity contribution in [2.75, 3.05) is 4.90 Å². The molecule has 1 spiro atoms. The largest absolute Gasteiger partial charge is 0.387 e. The molecule has 1 saturated heterocycles. The SMILES string of the molecule is O=C1C[C@]2(C(=O)c3ccccc3[C@@H]2O)C(=O)N1c1ccccc1. The van der Waals surface area contributed by atoms with E-state index in [0.717, 1.165) is 4.90 Å². The Balaban J connectivity index is 1.84. The maximum Gasteiger partial charge on any atom is 0.251 e. The fourth-order valence-corrected chi connectivity index (χ4v) is 3.51. The number of anilines is 1. The standard InChI is InChI=1S/C18H13NO4/c20-14-10-18(17(23)19(14)11-6-2-1-3-7-11)15(21)12-8-4-5-9-13(12)16(18)22/h1-9,15,21H,10H2/t15-,18-/m0/s1. The van der Waals surface area contributed by atoms with Gasteiger partial charge in [-0.15, -0.1) is 0 Å². The molecule has 0 bridgehead atoms. The summed E-state index contributed by atoms with van der Waals surface area (Å²) in [6, 6.07) is 15.0. The van der Waals surface area contributed by atoms with Crippen LogP contribution in [0.1, 0.15) is 28.4 Å². The highest BCUT2D eigenvalue weighted by Crippen LogP contribution is 2.52. The van der Waals surface area contributed by atoms with Gasteiger partial charge in [0.15, 0.2) is 11.2 Å². The van der Waals surface area contributed by atoms with Crippen molar-refractivity contribution in [1.29, 1.82) is 0 Å². The van der Waals surface area contributed by atoms with Crippen LogP contribution in [0.3, 0.4) is 0 Å². The Morgan fingerprint density at radius 2 is 1.61 bits per heavy atom. The molecule has 2 aliphatic rings. The lowest BCUT2D eigenvalue weighted by atomic mass is 9.80. The summed E-state index contributed by atoms with van der Waals surface area (Å²) in [6.07, 6.45) is -1.61. The maximum atomic E-state index is 13.0. The molecule has 1 aliphatic heterocycles. The lowest BCUT2D eigenvalue weighted by Crippen LogP contribution is -2.41. The van der Waals surface area contributed by atoms with Gasteiger partial charge in [0, 0.05) is 5.56 Å². The van der Waals surface area contributed by atoms with Crippen LogP contribution < -0.4 is 4.90 Å². The molecule has 5 nitrogen and oxygen atoms in total. The zero-order valence-electron chi connectivity index (χ0n) is 12.1. The van der Waals surface area contributed by atoms with Crippen LogP contribution in [-0.4, -0.2) is 22.7 Å². The number of carbonyl (C=O) groups excluding carboxylic acids is 3. The van der Waals surface area contributed by atoms with Gasteiger partial charge in [0.05, 0.1) is 12.1 Å². The van der Waals surface area contributed by atoms with Crippen molar-refractivity contribution < 1.29 is 19.5 Å². The molecule has 114 valence electrons. The fourth-order valence-electron chi connectivity index (χ4n) is 3.51. The first-order valence-corrected chi connectivity index (χ1v) is 7.31. The number of nitrogens with zero attached hydrogens (tertiary/aromatic N) is 1. The van der Waals surface area contributed by atoms with Crippen LogP contribution in [0.2, 0.25) is 0 Å². The van der Waals surface area contributed by atoms with Crippen molar-refractivity contribution in [2.45, 2.75) is 12.5 Å². The third-order valence-corrected chi connectivity index (χ3v) is 4.65. The van der Waals surface area contributed by atoms with E-state index in [1.54, 1.807) is 54.6 Å². The van der Waals surface area contributed by atoms with E-state index in [-0.39, 0.29) is 6.42 Å². The molecule has 4 rings (SSSR count). The Hall–Kier alpha value is -2.79. The van der Waals surface area contributed by atoms with Crippen LogP contribution in [0.4, 0.5) is 5.69 Å². The van der Waals surface area contributed by atoms with E-state index in [1.807, 2.05) is 0 Å². The van der Waals surface area contributed by atoms with E-state index in [1.165, 1.54) is 0 Å². The number of Topliss-reactive ketones (excluding diaryl/α,β-unsaturated/α-hetero) is 1. The second-order valence-electron chi connectivity index (χ2n) is 5.84. The van der Waals surface area contributed by atoms with Crippen LogP contribution in [0, 0.1) is 5.41 Å². The first-order valence-electron chi connectivity index (χ1n) is 7.31. The van der Waals surface area contributed by atoms with Gasteiger partial charge in [0.2, 0.25) is 5.91 Å². The van der Waals surface area contributed by atoms with Crippen molar-refractivity contribution in [3.63, 3.8) is 0 Å². The Labute approximate surface area is 132 Å². The third-order valence-electron chi connectivity index (χ3n) is 4.65. The van der Waals surface area contributed by atoms with E-state index in [9.17, 15) is 19.5 Å². The quantitative estimate of drug-likeness (QED) is 0.644. The molecule has 2 aromatic rings. The van der Waals surface area contributed by atoms with Gasteiger partial charge in [0.25, 0.3) is 5.91 Å². The van der Waals surface area contributed by atoms with Gasteiger partial charge in [-0.1, -0.05) is 42.5 Å². The minimum atomic E-state index is -1.73. The number of imide groups is 1. The number of hydrogen-bond donors (Lipinski definition) is 1. The van der Waals surface area contributed by atoms with Crippen LogP contribution >= 0.6 is 0 Å². The summed E-state index contributed by atoms with van der Waals surface area (Å²) in [6.45, 7) is 0. The average Bonchev–Trinajstić information content (AvgIpc) is 2.96. The van der Waals surface area contributed by atoms with Gasteiger partial charge in [-0.25, -0.2) is 4.90 Å². The van der Waals surface area contributed by atoms with Gasteiger partial charge in [-0.3, -0.25) is 14.4 Å². The minimum absolute atomic E-state index is 0.310. The lowest BCUT2D eigenvalue weighted by molar-refractivity contribution is -0.127. The summed E-state index contributed by atoms with van der Waals surface area (Å²) in [4.78, 5) is 39.2. The number of amides is 2. The predicted octanol–water partition coefficient (Wildman–Crippen LogP) is 1.87. The summed E-state index contributed by atoms with van der Waals surface area (Å²) in [5, 5.41) is 10.6. The molecule has 1 N–H and O–H groups in total. The zero-order chi connectivity index (χ0) is 16.2. The monoisotopic (exact) mass is 307 g/mol. The van der Waals surface area contributed by atoms with Crippen molar-refractivity contribution in [2.24, 2.45) is 5.41 Å². The Morgan fingerprint density at radius 1 is 0.957 bits per heavy atom. The molecule has 1 aliphatic carbocycles. The van der Waals surface area contributed by atoms with Gasteiger partial charge in [0.1, 0.15) is 6.10 Å². The molecule has 0 aromatic heterocycles. The second kappa shape index (κ2) is 4.60. The third kappa shape index (κ3) is 1.62. The maximum absolute atomic E-state index is 13.0. The molecule has 0 radical (unpaired) electrons. The van der Waals surface area contributed by atoms with Gasteiger partial charge in [-0.2, -0.15) is 0 Å². The van der Waals surface area contributed by atoms with Crippen molar-refractivity contribution >= 4 is 23.3 Å². The molecule has 0 unspecified atom stereocenters. The number of benzene rings is 2. The predicted molar refractivity (Wildman–Crippen MR) is 81.7 cm³/mol. The molecule has 2 aromatic carbocycles. The van der Waals surface area contributed by atoms with Gasteiger partial charge in [-0.05, 0) is 17.7 Å². The highest BCUT2D eigenvalue weighted by atomic mass is 16.3. The van der Waals surface area contributed by atoms with Crippen LogP contribution in [-0.2, 0) is 9.59 Å². The van der Waals surface area contributed by atoms with Crippen molar-refractivity contribution in [3.8, 4) is 0 Å². The molecule has 0 saturated carbocycles. The first kappa shape index (κ1) is 13.8. The first-order chi connectivity index (χ1) is 11.1. The average molecular weight is 307 g/mol.